The predicted octanol–water partition coefficient (Wildman–Crippen LogP) is 5.41. The summed E-state index contributed by atoms with van der Waals surface area (Å²) in [6.07, 6.45) is 1.52. The van der Waals surface area contributed by atoms with Crippen molar-refractivity contribution in [3.05, 3.63) is 99.2 Å². The molecule has 1 saturated heterocycles. The van der Waals surface area contributed by atoms with Crippen molar-refractivity contribution in [1.29, 1.82) is 0 Å². The highest BCUT2D eigenvalue weighted by molar-refractivity contribution is 9.10. The molecule has 9 heteroatoms. The van der Waals surface area contributed by atoms with E-state index >= 15 is 0 Å². The van der Waals surface area contributed by atoms with E-state index in [4.69, 9.17) is 9.47 Å². The molecule has 1 aliphatic rings. The van der Waals surface area contributed by atoms with Gasteiger partial charge < -0.3 is 14.8 Å². The normalized spacial score (nSPS) is 14.5. The molecule has 3 amide bonds. The summed E-state index contributed by atoms with van der Waals surface area (Å²) >= 11 is 3.44. The van der Waals surface area contributed by atoms with Gasteiger partial charge in [0.1, 0.15) is 23.9 Å². The van der Waals surface area contributed by atoms with Crippen molar-refractivity contribution in [2.45, 2.75) is 13.2 Å². The summed E-state index contributed by atoms with van der Waals surface area (Å²) in [5.74, 6) is -0.461. The summed E-state index contributed by atoms with van der Waals surface area (Å²) in [4.78, 5) is 26.2. The average molecular weight is 529 g/mol. The number of rotatable bonds is 7. The monoisotopic (exact) mass is 528 g/mol. The number of urea groups is 1. The van der Waals surface area contributed by atoms with Crippen LogP contribution in [0.5, 0.6) is 11.5 Å². The second kappa shape index (κ2) is 10.0. The van der Waals surface area contributed by atoms with Gasteiger partial charge in [-0.2, -0.15) is 0 Å². The maximum absolute atomic E-state index is 13.4. The Bertz CT molecular complexity index is 1280. The lowest BCUT2D eigenvalue weighted by molar-refractivity contribution is -0.123. The number of imide groups is 1. The van der Waals surface area contributed by atoms with E-state index in [0.29, 0.717) is 32.7 Å². The number of methoxy groups -OCH3 is 1. The summed E-state index contributed by atoms with van der Waals surface area (Å²) in [7, 11) is 1.47. The van der Waals surface area contributed by atoms with Gasteiger partial charge in [0.2, 0.25) is 0 Å². The van der Waals surface area contributed by atoms with E-state index in [9.17, 15) is 18.4 Å². The molecule has 0 aromatic heterocycles. The summed E-state index contributed by atoms with van der Waals surface area (Å²) < 4.78 is 38.3. The fourth-order valence-corrected chi connectivity index (χ4v) is 3.97. The van der Waals surface area contributed by atoms with Crippen molar-refractivity contribution in [2.24, 2.45) is 0 Å². The fourth-order valence-electron chi connectivity index (χ4n) is 3.40. The SMILES string of the molecule is COc1cc(/C=C2/NC(=O)N(Cc3ccc(F)cc3)C2=O)cc(Br)c1OCc1cccc(F)c1. The van der Waals surface area contributed by atoms with E-state index in [1.54, 1.807) is 24.3 Å². The van der Waals surface area contributed by atoms with Crippen molar-refractivity contribution in [1.82, 2.24) is 10.2 Å². The van der Waals surface area contributed by atoms with Crippen LogP contribution in [-0.2, 0) is 17.9 Å². The third kappa shape index (κ3) is 5.26. The Morgan fingerprint density at radius 2 is 1.76 bits per heavy atom. The second-order valence-corrected chi connectivity index (χ2v) is 8.31. The Morgan fingerprint density at radius 3 is 2.47 bits per heavy atom. The first-order valence-electron chi connectivity index (χ1n) is 10.2. The van der Waals surface area contributed by atoms with Crippen LogP contribution in [0.3, 0.4) is 0 Å². The van der Waals surface area contributed by atoms with E-state index < -0.39 is 17.8 Å². The summed E-state index contributed by atoms with van der Waals surface area (Å²) in [6.45, 7) is 0.141. The fraction of sp³-hybridized carbons (Fsp3) is 0.120. The Balaban J connectivity index is 1.53. The highest BCUT2D eigenvalue weighted by Crippen LogP contribution is 2.38. The Labute approximate surface area is 202 Å². The highest BCUT2D eigenvalue weighted by Gasteiger charge is 2.33. The minimum Gasteiger partial charge on any atom is -0.493 e. The van der Waals surface area contributed by atoms with Crippen LogP contribution in [0.1, 0.15) is 16.7 Å². The molecule has 1 aliphatic heterocycles. The Morgan fingerprint density at radius 1 is 1.00 bits per heavy atom. The molecule has 0 spiro atoms. The van der Waals surface area contributed by atoms with Crippen molar-refractivity contribution < 1.29 is 27.8 Å². The number of nitrogens with zero attached hydrogens (tertiary/aromatic N) is 1. The molecular formula is C25H19BrF2N2O4. The van der Waals surface area contributed by atoms with Gasteiger partial charge in [-0.05, 0) is 75.1 Å². The van der Waals surface area contributed by atoms with Gasteiger partial charge >= 0.3 is 6.03 Å². The summed E-state index contributed by atoms with van der Waals surface area (Å²) in [5, 5.41) is 2.56. The van der Waals surface area contributed by atoms with E-state index in [-0.39, 0.29) is 24.7 Å². The number of carbonyl (C=O) groups excluding carboxylic acids is 2. The number of halogens is 3. The lowest BCUT2D eigenvalue weighted by atomic mass is 10.1. The molecule has 3 aromatic carbocycles. The number of carbonyl (C=O) groups is 2. The topological polar surface area (TPSA) is 67.9 Å². The maximum atomic E-state index is 13.4. The lowest BCUT2D eigenvalue weighted by Gasteiger charge is -2.14. The van der Waals surface area contributed by atoms with E-state index in [0.717, 1.165) is 4.90 Å². The average Bonchev–Trinajstić information content (AvgIpc) is 3.06. The van der Waals surface area contributed by atoms with E-state index in [2.05, 4.69) is 21.2 Å². The zero-order valence-corrected chi connectivity index (χ0v) is 19.6. The quantitative estimate of drug-likeness (QED) is 0.329. The van der Waals surface area contributed by atoms with Gasteiger partial charge in [0.15, 0.2) is 11.5 Å². The summed E-state index contributed by atoms with van der Waals surface area (Å²) in [6, 6.07) is 14.4. The number of hydrogen-bond acceptors (Lipinski definition) is 4. The van der Waals surface area contributed by atoms with E-state index in [1.165, 1.54) is 49.6 Å². The van der Waals surface area contributed by atoms with Gasteiger partial charge in [0.25, 0.3) is 5.91 Å². The molecule has 3 aromatic rings. The first-order chi connectivity index (χ1) is 16.3. The summed E-state index contributed by atoms with van der Waals surface area (Å²) in [5.41, 5.74) is 1.94. The standard InChI is InChI=1S/C25H19BrF2N2O4/c1-33-22-12-17(10-20(26)23(22)34-14-16-3-2-4-19(28)9-16)11-21-24(31)30(25(32)29-21)13-15-5-7-18(27)8-6-15/h2-12H,13-14H2,1H3,(H,29,32)/b21-11+. The van der Waals surface area contributed by atoms with Crippen molar-refractivity contribution in [3.63, 3.8) is 0 Å². The van der Waals surface area contributed by atoms with Crippen LogP contribution in [0.4, 0.5) is 13.6 Å². The molecule has 0 atom stereocenters. The van der Waals surface area contributed by atoms with Crippen molar-refractivity contribution >= 4 is 33.9 Å². The number of benzene rings is 3. The van der Waals surface area contributed by atoms with Crippen LogP contribution in [0, 0.1) is 11.6 Å². The molecule has 6 nitrogen and oxygen atoms in total. The van der Waals surface area contributed by atoms with Gasteiger partial charge in [-0.3, -0.25) is 9.69 Å². The van der Waals surface area contributed by atoms with Gasteiger partial charge in [0.05, 0.1) is 18.1 Å². The zero-order chi connectivity index (χ0) is 24.2. The third-order valence-electron chi connectivity index (χ3n) is 5.05. The van der Waals surface area contributed by atoms with Crippen molar-refractivity contribution in [3.8, 4) is 11.5 Å². The molecule has 4 rings (SSSR count). The molecule has 0 bridgehead atoms. The maximum Gasteiger partial charge on any atom is 0.329 e. The van der Waals surface area contributed by atoms with Crippen LogP contribution in [0.2, 0.25) is 0 Å². The van der Waals surface area contributed by atoms with Crippen LogP contribution in [0.15, 0.2) is 70.8 Å². The molecule has 0 aliphatic carbocycles. The molecule has 1 fully saturated rings. The van der Waals surface area contributed by atoms with Crippen molar-refractivity contribution in [2.75, 3.05) is 7.11 Å². The predicted molar refractivity (Wildman–Crippen MR) is 125 cm³/mol. The molecular weight excluding hydrogens is 510 g/mol. The van der Waals surface area contributed by atoms with Gasteiger partial charge in [0, 0.05) is 0 Å². The molecule has 0 radical (unpaired) electrons. The first-order valence-corrected chi connectivity index (χ1v) is 11.0. The van der Waals surface area contributed by atoms with Gasteiger partial charge in [-0.15, -0.1) is 0 Å². The Hall–Kier alpha value is -3.72. The first kappa shape index (κ1) is 23.4. The van der Waals surface area contributed by atoms with Crippen LogP contribution >= 0.6 is 15.9 Å². The molecule has 174 valence electrons. The highest BCUT2D eigenvalue weighted by atomic mass is 79.9. The molecule has 0 saturated carbocycles. The molecule has 34 heavy (non-hydrogen) atoms. The smallest absolute Gasteiger partial charge is 0.329 e. The third-order valence-corrected chi connectivity index (χ3v) is 5.64. The van der Waals surface area contributed by atoms with Crippen LogP contribution in [-0.4, -0.2) is 23.9 Å². The van der Waals surface area contributed by atoms with E-state index in [1.807, 2.05) is 0 Å². The second-order valence-electron chi connectivity index (χ2n) is 7.46. The minimum absolute atomic E-state index is 0.0160. The van der Waals surface area contributed by atoms with Gasteiger partial charge in [-0.25, -0.2) is 13.6 Å². The largest absolute Gasteiger partial charge is 0.493 e. The Kier molecular flexibility index (Phi) is 6.93. The van der Waals surface area contributed by atoms with Crippen LogP contribution in [0.25, 0.3) is 6.08 Å². The minimum atomic E-state index is -0.568. The molecule has 0 unspecified atom stereocenters. The number of hydrogen-bond donors (Lipinski definition) is 1. The molecule has 1 N–H and O–H groups in total. The van der Waals surface area contributed by atoms with Crippen LogP contribution < -0.4 is 14.8 Å². The molecule has 1 heterocycles. The number of nitrogens with one attached hydrogen (secondary N) is 1. The number of ether oxygens (including phenoxy) is 2. The number of amides is 3. The zero-order valence-electron chi connectivity index (χ0n) is 18.0. The lowest BCUT2D eigenvalue weighted by Crippen LogP contribution is -2.30. The van der Waals surface area contributed by atoms with Gasteiger partial charge in [-0.1, -0.05) is 24.3 Å².